The number of nitrogens with zero attached hydrogens (tertiary/aromatic N) is 3. The highest BCUT2D eigenvalue weighted by Crippen LogP contribution is 2.23. The van der Waals surface area contributed by atoms with Crippen molar-refractivity contribution in [3.05, 3.63) is 71.2 Å². The monoisotopic (exact) mass is 393 g/mol. The van der Waals surface area contributed by atoms with Gasteiger partial charge in [-0.25, -0.2) is 14.5 Å². The third kappa shape index (κ3) is 3.96. The smallest absolute Gasteiger partial charge is 0.319 e. The van der Waals surface area contributed by atoms with Gasteiger partial charge in [-0.3, -0.25) is 0 Å². The SMILES string of the molecule is Cc1cc(C)n(-c2cccc(NC(=O)NCc3csc(-c4ccco4)n3)c2)n1. The summed E-state index contributed by atoms with van der Waals surface area (Å²) in [5.74, 6) is 0.724. The van der Waals surface area contributed by atoms with Gasteiger partial charge in [0.05, 0.1) is 29.9 Å². The number of nitrogens with one attached hydrogen (secondary N) is 2. The van der Waals surface area contributed by atoms with Crippen molar-refractivity contribution >= 4 is 23.1 Å². The van der Waals surface area contributed by atoms with Crippen molar-refractivity contribution in [3.63, 3.8) is 0 Å². The minimum Gasteiger partial charge on any atom is -0.462 e. The molecule has 0 atom stereocenters. The zero-order chi connectivity index (χ0) is 19.5. The van der Waals surface area contributed by atoms with E-state index in [1.54, 1.807) is 6.26 Å². The summed E-state index contributed by atoms with van der Waals surface area (Å²) in [7, 11) is 0. The molecule has 0 aliphatic rings. The molecule has 1 aromatic carbocycles. The first-order chi connectivity index (χ1) is 13.6. The van der Waals surface area contributed by atoms with Crippen LogP contribution in [-0.2, 0) is 6.54 Å². The summed E-state index contributed by atoms with van der Waals surface area (Å²) in [6, 6.07) is 13.0. The van der Waals surface area contributed by atoms with Gasteiger partial charge in [-0.1, -0.05) is 6.07 Å². The Morgan fingerprint density at radius 2 is 2.11 bits per heavy atom. The van der Waals surface area contributed by atoms with Crippen molar-refractivity contribution in [1.29, 1.82) is 0 Å². The van der Waals surface area contributed by atoms with Crippen molar-refractivity contribution in [1.82, 2.24) is 20.1 Å². The highest BCUT2D eigenvalue weighted by molar-refractivity contribution is 7.13. The molecule has 0 saturated carbocycles. The van der Waals surface area contributed by atoms with Crippen LogP contribution in [0.2, 0.25) is 0 Å². The Morgan fingerprint density at radius 1 is 1.21 bits per heavy atom. The Hall–Kier alpha value is -3.39. The fourth-order valence-electron chi connectivity index (χ4n) is 2.85. The molecule has 0 aliphatic heterocycles. The number of hydrogen-bond acceptors (Lipinski definition) is 5. The van der Waals surface area contributed by atoms with E-state index in [4.69, 9.17) is 4.42 Å². The van der Waals surface area contributed by atoms with Crippen molar-refractivity contribution in [2.45, 2.75) is 20.4 Å². The predicted molar refractivity (Wildman–Crippen MR) is 109 cm³/mol. The number of aryl methyl sites for hydroxylation is 2. The third-order valence-electron chi connectivity index (χ3n) is 4.07. The highest BCUT2D eigenvalue weighted by atomic mass is 32.1. The molecule has 2 N–H and O–H groups in total. The lowest BCUT2D eigenvalue weighted by Gasteiger charge is -2.09. The van der Waals surface area contributed by atoms with Crippen molar-refractivity contribution in [2.24, 2.45) is 0 Å². The van der Waals surface area contributed by atoms with Crippen LogP contribution in [-0.4, -0.2) is 20.8 Å². The molecule has 4 aromatic rings. The molecule has 142 valence electrons. The number of anilines is 1. The first-order valence-electron chi connectivity index (χ1n) is 8.75. The predicted octanol–water partition coefficient (Wildman–Crippen LogP) is 4.53. The van der Waals surface area contributed by atoms with Gasteiger partial charge in [0.1, 0.15) is 0 Å². The molecule has 0 fully saturated rings. The van der Waals surface area contributed by atoms with E-state index in [0.29, 0.717) is 12.2 Å². The number of benzene rings is 1. The maximum Gasteiger partial charge on any atom is 0.319 e. The molecule has 3 heterocycles. The van der Waals surface area contributed by atoms with Crippen molar-refractivity contribution < 1.29 is 9.21 Å². The fourth-order valence-corrected chi connectivity index (χ4v) is 3.64. The van der Waals surface area contributed by atoms with Crippen molar-refractivity contribution in [2.75, 3.05) is 5.32 Å². The van der Waals surface area contributed by atoms with Crippen LogP contribution in [0, 0.1) is 13.8 Å². The second-order valence-corrected chi connectivity index (χ2v) is 7.18. The number of carbonyl (C=O) groups is 1. The molecule has 0 radical (unpaired) electrons. The number of thiazole rings is 1. The van der Waals surface area contributed by atoms with E-state index in [0.717, 1.165) is 33.5 Å². The summed E-state index contributed by atoms with van der Waals surface area (Å²) in [6.07, 6.45) is 1.61. The van der Waals surface area contributed by atoms with Gasteiger partial charge in [0.2, 0.25) is 0 Å². The number of carbonyl (C=O) groups excluding carboxylic acids is 1. The van der Waals surface area contributed by atoms with Gasteiger partial charge >= 0.3 is 6.03 Å². The molecule has 7 nitrogen and oxygen atoms in total. The van der Waals surface area contributed by atoms with Crippen LogP contribution in [0.5, 0.6) is 0 Å². The Bertz CT molecular complexity index is 1100. The largest absolute Gasteiger partial charge is 0.462 e. The Labute approximate surface area is 166 Å². The van der Waals surface area contributed by atoms with Gasteiger partial charge in [0, 0.05) is 16.8 Å². The van der Waals surface area contributed by atoms with Crippen LogP contribution < -0.4 is 10.6 Å². The van der Waals surface area contributed by atoms with Crippen LogP contribution in [0.3, 0.4) is 0 Å². The first-order valence-corrected chi connectivity index (χ1v) is 9.63. The molecule has 0 saturated heterocycles. The van der Waals surface area contributed by atoms with E-state index < -0.39 is 0 Å². The van der Waals surface area contributed by atoms with Gasteiger partial charge in [-0.15, -0.1) is 11.3 Å². The van der Waals surface area contributed by atoms with Gasteiger partial charge in [0.25, 0.3) is 0 Å². The minimum atomic E-state index is -0.293. The van der Waals surface area contributed by atoms with E-state index in [1.807, 2.05) is 66.4 Å². The normalized spacial score (nSPS) is 10.8. The van der Waals surface area contributed by atoms with Crippen LogP contribution in [0.4, 0.5) is 10.5 Å². The summed E-state index contributed by atoms with van der Waals surface area (Å²) >= 11 is 1.48. The Kier molecular flexibility index (Phi) is 4.94. The number of rotatable bonds is 5. The van der Waals surface area contributed by atoms with E-state index in [1.165, 1.54) is 11.3 Å². The van der Waals surface area contributed by atoms with Gasteiger partial charge in [-0.05, 0) is 50.2 Å². The first kappa shape index (κ1) is 18.0. The molecule has 0 unspecified atom stereocenters. The van der Waals surface area contributed by atoms with Crippen LogP contribution in [0.15, 0.2) is 58.5 Å². The quantitative estimate of drug-likeness (QED) is 0.522. The molecule has 4 rings (SSSR count). The zero-order valence-electron chi connectivity index (χ0n) is 15.5. The van der Waals surface area contributed by atoms with E-state index in [2.05, 4.69) is 20.7 Å². The molecular formula is C20H19N5O2S. The molecule has 0 spiro atoms. The number of furan rings is 1. The molecule has 0 aliphatic carbocycles. The summed E-state index contributed by atoms with van der Waals surface area (Å²) in [5.41, 5.74) is 4.35. The lowest BCUT2D eigenvalue weighted by molar-refractivity contribution is 0.251. The average Bonchev–Trinajstić information content (AvgIpc) is 3.41. The lowest BCUT2D eigenvalue weighted by atomic mass is 10.2. The topological polar surface area (TPSA) is 85.0 Å². The van der Waals surface area contributed by atoms with Gasteiger partial charge in [-0.2, -0.15) is 5.10 Å². The zero-order valence-corrected chi connectivity index (χ0v) is 16.3. The Balaban J connectivity index is 1.38. The maximum absolute atomic E-state index is 12.3. The number of urea groups is 1. The molecule has 2 amide bonds. The molecule has 8 heteroatoms. The average molecular weight is 393 g/mol. The summed E-state index contributed by atoms with van der Waals surface area (Å²) in [6.45, 7) is 4.28. The lowest BCUT2D eigenvalue weighted by Crippen LogP contribution is -2.28. The molecular weight excluding hydrogens is 374 g/mol. The minimum absolute atomic E-state index is 0.293. The van der Waals surface area contributed by atoms with Crippen LogP contribution >= 0.6 is 11.3 Å². The third-order valence-corrected chi connectivity index (χ3v) is 4.98. The fraction of sp³-hybridized carbons (Fsp3) is 0.150. The summed E-state index contributed by atoms with van der Waals surface area (Å²) in [5, 5.41) is 12.8. The number of aromatic nitrogens is 3. The second-order valence-electron chi connectivity index (χ2n) is 6.32. The van der Waals surface area contributed by atoms with Crippen LogP contribution in [0.25, 0.3) is 16.5 Å². The number of hydrogen-bond donors (Lipinski definition) is 2. The molecule has 3 aromatic heterocycles. The van der Waals surface area contributed by atoms with E-state index >= 15 is 0 Å². The highest BCUT2D eigenvalue weighted by Gasteiger charge is 2.09. The molecule has 28 heavy (non-hydrogen) atoms. The van der Waals surface area contributed by atoms with E-state index in [-0.39, 0.29) is 6.03 Å². The van der Waals surface area contributed by atoms with Gasteiger partial charge in [0.15, 0.2) is 10.8 Å². The molecule has 0 bridgehead atoms. The summed E-state index contributed by atoms with van der Waals surface area (Å²) < 4.78 is 7.19. The van der Waals surface area contributed by atoms with E-state index in [9.17, 15) is 4.79 Å². The van der Waals surface area contributed by atoms with Crippen molar-refractivity contribution in [3.8, 4) is 16.5 Å². The van der Waals surface area contributed by atoms with Gasteiger partial charge < -0.3 is 15.1 Å². The number of amides is 2. The standard InChI is InChI=1S/C20H19N5O2S/c1-13-9-14(2)25(24-13)17-6-3-5-15(10-17)23-20(26)21-11-16-12-28-19(22-16)18-7-4-8-27-18/h3-10,12H,11H2,1-2H3,(H2,21,23,26). The van der Waals surface area contributed by atoms with Crippen LogP contribution in [0.1, 0.15) is 17.1 Å². The maximum atomic E-state index is 12.3. The second kappa shape index (κ2) is 7.69. The summed E-state index contributed by atoms with van der Waals surface area (Å²) in [4.78, 5) is 16.7. The Morgan fingerprint density at radius 3 is 2.86 bits per heavy atom.